The summed E-state index contributed by atoms with van der Waals surface area (Å²) in [6.07, 6.45) is -15.4. The van der Waals surface area contributed by atoms with E-state index >= 15 is 0 Å². The molecule has 65 heavy (non-hydrogen) atoms. The van der Waals surface area contributed by atoms with Gasteiger partial charge in [0.25, 0.3) is 0 Å². The summed E-state index contributed by atoms with van der Waals surface area (Å²) < 4.78 is 42.2. The van der Waals surface area contributed by atoms with Crippen LogP contribution in [0.2, 0.25) is 0 Å². The molecule has 0 aromatic rings. The minimum Gasteiger partial charge on any atom is -0.461 e. The van der Waals surface area contributed by atoms with Crippen molar-refractivity contribution in [3.05, 3.63) is 11.6 Å². The van der Waals surface area contributed by atoms with Crippen molar-refractivity contribution in [2.75, 3.05) is 19.8 Å². The van der Waals surface area contributed by atoms with E-state index in [9.17, 15) is 55.9 Å². The Morgan fingerprint density at radius 3 is 2.09 bits per heavy atom. The first kappa shape index (κ1) is 48.6. The number of carbonyl (C=O) groups excluding carboxylic acids is 1. The molecule has 1 spiro atoms. The van der Waals surface area contributed by atoms with Gasteiger partial charge in [-0.1, -0.05) is 60.1 Å². The molecule has 2 bridgehead atoms. The van der Waals surface area contributed by atoms with E-state index < -0.39 is 122 Å². The van der Waals surface area contributed by atoms with Crippen molar-refractivity contribution in [2.24, 2.45) is 50.2 Å². The van der Waals surface area contributed by atoms with Crippen molar-refractivity contribution in [1.82, 2.24) is 0 Å². The molecular formula is C47H74O18. The lowest BCUT2D eigenvalue weighted by molar-refractivity contribution is -0.381. The van der Waals surface area contributed by atoms with Crippen LogP contribution in [-0.4, -0.2) is 181 Å². The number of aliphatic hydroxyl groups is 10. The van der Waals surface area contributed by atoms with Gasteiger partial charge in [-0.2, -0.15) is 0 Å². The molecule has 9 aliphatic rings. The topological polar surface area (TPSA) is 284 Å². The highest BCUT2D eigenvalue weighted by Gasteiger charge is 2.74. The van der Waals surface area contributed by atoms with E-state index in [0.29, 0.717) is 19.3 Å². The molecule has 10 N–H and O–H groups in total. The number of rotatable bonds is 8. The number of ether oxygens (including phenoxy) is 7. The van der Waals surface area contributed by atoms with E-state index in [1.54, 1.807) is 0 Å². The molecule has 0 aromatic heterocycles. The largest absolute Gasteiger partial charge is 0.461 e. The third-order valence-corrected chi connectivity index (χ3v) is 19.4. The van der Waals surface area contributed by atoms with Crippen LogP contribution in [0.1, 0.15) is 99.8 Å². The minimum absolute atomic E-state index is 0.0992. The summed E-state index contributed by atoms with van der Waals surface area (Å²) in [7, 11) is 0. The SMILES string of the molecule is CC1(C)C[C@H]2C3=CC[C@@H]4[C@@]5(C)CC[C@H](O[C@@H]6O[C@H](CO[C@@H]7OC[C@H](O)[C@H](O)[C@H]7O)[C@@H](O)[C@H](O)[C@H]6O[C@@H]6O[C@H](CO)[C@@H](O)[C@H](O)[C@H]6O)C(C)(C)C5CC[C@@]4(C)[C@]3(C)C[C@@H](O)[C@@]23C[C@@H]1OC3=O. The maximum Gasteiger partial charge on any atom is 0.315 e. The number of esters is 1. The van der Waals surface area contributed by atoms with Gasteiger partial charge in [-0.25, -0.2) is 0 Å². The second-order valence-corrected chi connectivity index (χ2v) is 23.3. The third kappa shape index (κ3) is 7.12. The van der Waals surface area contributed by atoms with Gasteiger partial charge in [-0.15, -0.1) is 0 Å². The summed E-state index contributed by atoms with van der Waals surface area (Å²) >= 11 is 0. The quantitative estimate of drug-likeness (QED) is 0.0855. The van der Waals surface area contributed by atoms with Gasteiger partial charge in [0.2, 0.25) is 0 Å². The standard InChI is InChI=1S/C47H74O18/c1-42(2)14-21-20-8-9-26-44(5)12-11-28(43(3,4)25(44)10-13-45(26,6)46(20,7)15-27(50)47(21)16-29(42)64-41(47)58)63-40-37(65-39-36(57)33(54)31(52)23(17-48)61-39)34(55)32(53)24(62-40)19-60-38-35(56)30(51)22(49)18-59-38/h8,21-40,48-57H,9-19H2,1-7H3/t21-,22-,23+,24+,25?,26+,27+,28-,29-,30-,31+,32+,33-,34-,35+,36+,37+,38-,39-,40-,44-,45+,46+,47+/m0/s1. The second-order valence-electron chi connectivity index (χ2n) is 23.3. The van der Waals surface area contributed by atoms with Crippen LogP contribution in [0.5, 0.6) is 0 Å². The summed E-state index contributed by atoms with van der Waals surface area (Å²) in [6.45, 7) is 14.3. The van der Waals surface area contributed by atoms with Crippen LogP contribution in [0.4, 0.5) is 0 Å². The maximum atomic E-state index is 13.8. The molecule has 18 nitrogen and oxygen atoms in total. The van der Waals surface area contributed by atoms with Crippen LogP contribution < -0.4 is 0 Å². The van der Waals surface area contributed by atoms with Crippen LogP contribution in [0.15, 0.2) is 11.6 Å². The Morgan fingerprint density at radius 1 is 0.708 bits per heavy atom. The molecule has 9 rings (SSSR count). The molecular weight excluding hydrogens is 852 g/mol. The molecule has 0 amide bonds. The number of aliphatic hydroxyl groups excluding tert-OH is 10. The average molecular weight is 927 g/mol. The summed E-state index contributed by atoms with van der Waals surface area (Å²) in [6, 6.07) is 0. The zero-order chi connectivity index (χ0) is 47.1. The predicted molar refractivity (Wildman–Crippen MR) is 224 cm³/mol. The summed E-state index contributed by atoms with van der Waals surface area (Å²) in [5.74, 6) is 0.00221. The molecule has 5 aliphatic carbocycles. The Hall–Kier alpha value is -1.43. The molecule has 0 radical (unpaired) electrons. The number of carbonyl (C=O) groups is 1. The molecule has 8 fully saturated rings. The van der Waals surface area contributed by atoms with Gasteiger partial charge in [0.1, 0.15) is 78.7 Å². The fourth-order valence-corrected chi connectivity index (χ4v) is 15.2. The lowest BCUT2D eigenvalue weighted by Gasteiger charge is -2.71. The number of hydrogen-bond donors (Lipinski definition) is 10. The van der Waals surface area contributed by atoms with Crippen LogP contribution in [-0.2, 0) is 38.0 Å². The van der Waals surface area contributed by atoms with Crippen molar-refractivity contribution >= 4 is 5.97 Å². The van der Waals surface area contributed by atoms with Crippen molar-refractivity contribution in [3.8, 4) is 0 Å². The normalized spacial score (nSPS) is 55.8. The summed E-state index contributed by atoms with van der Waals surface area (Å²) in [4.78, 5) is 13.8. The van der Waals surface area contributed by atoms with E-state index in [-0.39, 0.29) is 58.1 Å². The Balaban J connectivity index is 0.978. The van der Waals surface area contributed by atoms with Gasteiger partial charge in [-0.3, -0.25) is 4.79 Å². The highest BCUT2D eigenvalue weighted by Crippen LogP contribution is 2.76. The van der Waals surface area contributed by atoms with Crippen LogP contribution in [0.25, 0.3) is 0 Å². The summed E-state index contributed by atoms with van der Waals surface area (Å²) in [5.41, 5.74) is -1.09. The Morgan fingerprint density at radius 2 is 1.38 bits per heavy atom. The maximum absolute atomic E-state index is 13.8. The van der Waals surface area contributed by atoms with E-state index in [2.05, 4.69) is 54.5 Å². The molecule has 0 aromatic carbocycles. The predicted octanol–water partition coefficient (Wildman–Crippen LogP) is -0.233. The zero-order valence-electron chi connectivity index (χ0n) is 38.6. The lowest BCUT2D eigenvalue weighted by Crippen LogP contribution is -2.68. The first-order chi connectivity index (χ1) is 30.4. The molecule has 370 valence electrons. The summed E-state index contributed by atoms with van der Waals surface area (Å²) in [5, 5.41) is 108. The van der Waals surface area contributed by atoms with E-state index in [0.717, 1.165) is 32.1 Å². The smallest absolute Gasteiger partial charge is 0.315 e. The van der Waals surface area contributed by atoms with Gasteiger partial charge < -0.3 is 84.2 Å². The van der Waals surface area contributed by atoms with Crippen LogP contribution in [0.3, 0.4) is 0 Å². The van der Waals surface area contributed by atoms with Crippen molar-refractivity contribution < 1.29 is 89.0 Å². The Labute approximate surface area is 380 Å². The second kappa shape index (κ2) is 16.6. The van der Waals surface area contributed by atoms with Crippen molar-refractivity contribution in [2.45, 2.75) is 204 Å². The molecule has 18 heteroatoms. The minimum atomic E-state index is -1.83. The van der Waals surface area contributed by atoms with Crippen molar-refractivity contribution in [3.63, 3.8) is 0 Å². The average Bonchev–Trinajstić information content (AvgIpc) is 3.57. The number of allylic oxidation sites excluding steroid dienone is 2. The Kier molecular flexibility index (Phi) is 12.4. The fraction of sp³-hybridized carbons (Fsp3) is 0.936. The van der Waals surface area contributed by atoms with Crippen LogP contribution in [0, 0.1) is 50.2 Å². The monoisotopic (exact) mass is 926 g/mol. The van der Waals surface area contributed by atoms with Gasteiger partial charge in [0, 0.05) is 11.8 Å². The van der Waals surface area contributed by atoms with E-state index in [1.807, 2.05) is 0 Å². The van der Waals surface area contributed by atoms with Gasteiger partial charge in [-0.05, 0) is 84.4 Å². The third-order valence-electron chi connectivity index (χ3n) is 19.4. The van der Waals surface area contributed by atoms with Gasteiger partial charge in [0.05, 0.1) is 32.0 Å². The Bertz CT molecular complexity index is 1830. The molecule has 1 unspecified atom stereocenters. The van der Waals surface area contributed by atoms with E-state index in [1.165, 1.54) is 5.57 Å². The fourth-order valence-electron chi connectivity index (χ4n) is 15.2. The lowest BCUT2D eigenvalue weighted by atomic mass is 9.33. The van der Waals surface area contributed by atoms with E-state index in [4.69, 9.17) is 33.2 Å². The number of fused-ring (bicyclic) bond motifs is 7. The number of hydrogen-bond acceptors (Lipinski definition) is 18. The molecule has 24 atom stereocenters. The first-order valence-corrected chi connectivity index (χ1v) is 23.9. The highest BCUT2D eigenvalue weighted by atomic mass is 16.8. The molecule has 4 saturated carbocycles. The van der Waals surface area contributed by atoms with Gasteiger partial charge >= 0.3 is 5.97 Å². The highest BCUT2D eigenvalue weighted by molar-refractivity contribution is 5.82. The zero-order valence-corrected chi connectivity index (χ0v) is 38.6. The van der Waals surface area contributed by atoms with Crippen molar-refractivity contribution in [1.29, 1.82) is 0 Å². The molecule has 4 saturated heterocycles. The van der Waals surface area contributed by atoms with Gasteiger partial charge in [0.15, 0.2) is 18.9 Å². The van der Waals surface area contributed by atoms with Crippen LogP contribution >= 0.6 is 0 Å². The molecule has 4 heterocycles. The first-order valence-electron chi connectivity index (χ1n) is 23.9. The molecule has 4 aliphatic heterocycles.